The highest BCUT2D eigenvalue weighted by Crippen LogP contribution is 2.22. The molecule has 0 aliphatic heterocycles. The summed E-state index contributed by atoms with van der Waals surface area (Å²) in [6.07, 6.45) is 2.00. The lowest BCUT2D eigenvalue weighted by atomic mass is 10.7. The van der Waals surface area contributed by atoms with Crippen molar-refractivity contribution in [1.82, 2.24) is 9.97 Å². The van der Waals surface area contributed by atoms with E-state index in [1.54, 1.807) is 0 Å². The third-order valence-corrected chi connectivity index (χ3v) is 2.27. The molecule has 11 nitrogen and oxygen atoms in total. The van der Waals surface area contributed by atoms with Crippen LogP contribution in [0, 0.1) is 0 Å². The average molecular weight is 280 g/mol. The maximum atomic E-state index is 10.5. The van der Waals surface area contributed by atoms with Crippen molar-refractivity contribution in [3.63, 3.8) is 0 Å². The first-order chi connectivity index (χ1) is 7.85. The highest BCUT2D eigenvalue weighted by atomic mass is 32.3. The van der Waals surface area contributed by atoms with Crippen LogP contribution in [0.3, 0.4) is 0 Å². The topological polar surface area (TPSA) is 187 Å². The number of nitrogens with one attached hydrogen (secondary N) is 1. The normalized spacial score (nSPS) is 14.7. The second-order valence-electron chi connectivity index (χ2n) is 3.48. The summed E-state index contributed by atoms with van der Waals surface area (Å²) in [6, 6.07) is 0.284. The van der Waals surface area contributed by atoms with Gasteiger partial charge in [0, 0.05) is 6.04 Å². The summed E-state index contributed by atoms with van der Waals surface area (Å²) in [4.78, 5) is 7.47. The maximum absolute atomic E-state index is 10.5. The lowest BCUT2D eigenvalue weighted by molar-refractivity contribution is -0.836. The molecule has 2 rings (SSSR count). The van der Waals surface area contributed by atoms with Crippen LogP contribution in [0.2, 0.25) is 0 Å². The van der Waals surface area contributed by atoms with Crippen LogP contribution in [0.25, 0.3) is 0 Å². The first-order valence-corrected chi connectivity index (χ1v) is 6.00. The SMILES string of the molecule is Nc1nc(NC2CC2)nc(N)[n+]1OS(=O)(=O)O.[OH-]. The predicted molar refractivity (Wildman–Crippen MR) is 57.8 cm³/mol. The second kappa shape index (κ2) is 4.75. The summed E-state index contributed by atoms with van der Waals surface area (Å²) >= 11 is 0. The summed E-state index contributed by atoms with van der Waals surface area (Å²) < 4.78 is 34.0. The van der Waals surface area contributed by atoms with Gasteiger partial charge in [0.25, 0.3) is 0 Å². The molecule has 1 saturated carbocycles. The van der Waals surface area contributed by atoms with E-state index in [1.165, 1.54) is 0 Å². The van der Waals surface area contributed by atoms with Gasteiger partial charge < -0.3 is 22.3 Å². The van der Waals surface area contributed by atoms with E-state index in [2.05, 4.69) is 19.6 Å². The molecule has 0 radical (unpaired) electrons. The van der Waals surface area contributed by atoms with Gasteiger partial charge in [-0.25, -0.2) is 4.28 Å². The van der Waals surface area contributed by atoms with E-state index in [-0.39, 0.29) is 29.4 Å². The molecule has 1 aromatic rings. The van der Waals surface area contributed by atoms with E-state index < -0.39 is 10.4 Å². The maximum Gasteiger partial charge on any atom is 0.472 e. The monoisotopic (exact) mass is 280 g/mol. The Morgan fingerprint density at radius 2 is 1.83 bits per heavy atom. The quantitative estimate of drug-likeness (QED) is 0.340. The predicted octanol–water partition coefficient (Wildman–Crippen LogP) is -2.44. The van der Waals surface area contributed by atoms with Crippen LogP contribution >= 0.6 is 0 Å². The fourth-order valence-electron chi connectivity index (χ4n) is 1.10. The summed E-state index contributed by atoms with van der Waals surface area (Å²) in [5.74, 6) is -0.519. The Balaban J connectivity index is 0.00000162. The molecule has 1 heterocycles. The molecular weight excluding hydrogens is 268 g/mol. The molecule has 0 bridgehead atoms. The van der Waals surface area contributed by atoms with Gasteiger partial charge in [0.2, 0.25) is 0 Å². The fraction of sp³-hybridized carbons (Fsp3) is 0.500. The Kier molecular flexibility index (Phi) is 3.73. The van der Waals surface area contributed by atoms with Gasteiger partial charge in [0.05, 0.1) is 0 Å². The lowest BCUT2D eigenvalue weighted by Crippen LogP contribution is -2.51. The number of nitrogen functional groups attached to an aromatic ring is 2. The number of rotatable bonds is 4. The van der Waals surface area contributed by atoms with Gasteiger partial charge >= 0.3 is 28.2 Å². The number of hydrogen-bond acceptors (Lipinski definition) is 9. The first-order valence-electron chi connectivity index (χ1n) is 4.64. The molecule has 1 aliphatic carbocycles. The number of hydrogen-bond donors (Lipinski definition) is 4. The fourth-order valence-corrected chi connectivity index (χ4v) is 1.44. The smallest absolute Gasteiger partial charge is 0.472 e. The molecule has 7 N–H and O–H groups in total. The number of nitrogens with two attached hydrogens (primary N) is 2. The van der Waals surface area contributed by atoms with Crippen LogP contribution in [-0.2, 0) is 10.4 Å². The van der Waals surface area contributed by atoms with Gasteiger partial charge in [-0.05, 0) is 17.6 Å². The van der Waals surface area contributed by atoms with Crippen molar-refractivity contribution in [3.8, 4) is 0 Å². The van der Waals surface area contributed by atoms with Gasteiger partial charge in [-0.3, -0.25) is 4.55 Å². The molecule has 0 spiro atoms. The van der Waals surface area contributed by atoms with Crippen molar-refractivity contribution < 1.29 is 27.5 Å². The highest BCUT2D eigenvalue weighted by Gasteiger charge is 2.26. The number of anilines is 3. The van der Waals surface area contributed by atoms with E-state index in [1.807, 2.05) is 0 Å². The summed E-state index contributed by atoms with van der Waals surface area (Å²) in [6.45, 7) is 0. The first kappa shape index (κ1) is 14.1. The Morgan fingerprint density at radius 1 is 1.33 bits per heavy atom. The van der Waals surface area contributed by atoms with E-state index in [9.17, 15) is 8.42 Å². The Bertz CT molecular complexity index is 520. The molecule has 102 valence electrons. The van der Waals surface area contributed by atoms with Crippen LogP contribution in [0.1, 0.15) is 12.8 Å². The summed E-state index contributed by atoms with van der Waals surface area (Å²) in [7, 11) is -4.74. The largest absolute Gasteiger partial charge is 0.870 e. The highest BCUT2D eigenvalue weighted by molar-refractivity contribution is 7.80. The van der Waals surface area contributed by atoms with E-state index in [4.69, 9.17) is 16.0 Å². The zero-order chi connectivity index (χ0) is 12.6. The molecule has 1 aliphatic rings. The minimum absolute atomic E-state index is 0. The average Bonchev–Trinajstić information content (AvgIpc) is 2.94. The molecule has 0 aromatic carbocycles. The second-order valence-corrected chi connectivity index (χ2v) is 4.48. The van der Waals surface area contributed by atoms with E-state index in [0.29, 0.717) is 4.73 Å². The van der Waals surface area contributed by atoms with Gasteiger partial charge in [-0.2, -0.15) is 8.42 Å². The van der Waals surface area contributed by atoms with Crippen LogP contribution < -0.4 is 25.8 Å². The minimum atomic E-state index is -4.74. The van der Waals surface area contributed by atoms with Crippen LogP contribution in [0.4, 0.5) is 17.8 Å². The lowest BCUT2D eigenvalue weighted by Gasteiger charge is -2.05. The van der Waals surface area contributed by atoms with Crippen molar-refractivity contribution >= 4 is 28.2 Å². The van der Waals surface area contributed by atoms with Crippen molar-refractivity contribution in [2.75, 3.05) is 16.8 Å². The van der Waals surface area contributed by atoms with Crippen molar-refractivity contribution in [1.29, 1.82) is 0 Å². The molecule has 12 heteroatoms. The Morgan fingerprint density at radius 3 is 2.22 bits per heavy atom. The molecule has 1 aromatic heterocycles. The van der Waals surface area contributed by atoms with Gasteiger partial charge in [0.15, 0.2) is 0 Å². The molecule has 0 atom stereocenters. The standard InChI is InChI=1S/C6H10N6O4S.H2O/c7-4-10-6(9-3-1-2-3)11-5(8)12(4)16-17(13,14)15;/h3H,1-2H2,(H5,7,8,9,10,11,13,14,15);1H2. The Labute approximate surface area is 102 Å². The summed E-state index contributed by atoms with van der Waals surface area (Å²) in [5, 5.41) is 2.92. The molecule has 18 heavy (non-hydrogen) atoms. The zero-order valence-corrected chi connectivity index (χ0v) is 9.83. The van der Waals surface area contributed by atoms with Gasteiger partial charge in [-0.1, -0.05) is 9.97 Å². The van der Waals surface area contributed by atoms with Crippen LogP contribution in [-0.4, -0.2) is 34.5 Å². The van der Waals surface area contributed by atoms with Crippen molar-refractivity contribution in [3.05, 3.63) is 0 Å². The van der Waals surface area contributed by atoms with E-state index >= 15 is 0 Å². The molecule has 0 saturated heterocycles. The summed E-state index contributed by atoms with van der Waals surface area (Å²) in [5.41, 5.74) is 10.8. The third-order valence-electron chi connectivity index (χ3n) is 1.94. The molecule has 0 unspecified atom stereocenters. The Hall–Kier alpha value is -1.92. The molecule has 1 fully saturated rings. The van der Waals surface area contributed by atoms with Crippen molar-refractivity contribution in [2.24, 2.45) is 0 Å². The van der Waals surface area contributed by atoms with Gasteiger partial charge in [0.1, 0.15) is 0 Å². The third kappa shape index (κ3) is 3.54. The number of aromatic nitrogens is 3. The zero-order valence-electron chi connectivity index (χ0n) is 9.02. The molecular formula is C6H12N6O5S. The van der Waals surface area contributed by atoms with Gasteiger partial charge in [-0.15, -0.1) is 0 Å². The van der Waals surface area contributed by atoms with Crippen molar-refractivity contribution in [2.45, 2.75) is 18.9 Å². The van der Waals surface area contributed by atoms with Crippen LogP contribution in [0.5, 0.6) is 0 Å². The minimum Gasteiger partial charge on any atom is -0.870 e. The van der Waals surface area contributed by atoms with E-state index in [0.717, 1.165) is 12.8 Å². The van der Waals surface area contributed by atoms with Crippen LogP contribution in [0.15, 0.2) is 0 Å². The molecule has 0 amide bonds. The number of nitrogens with zero attached hydrogens (tertiary/aromatic N) is 3.